The summed E-state index contributed by atoms with van der Waals surface area (Å²) >= 11 is 3.39. The van der Waals surface area contributed by atoms with Gasteiger partial charge in [0.2, 0.25) is 11.7 Å². The van der Waals surface area contributed by atoms with Gasteiger partial charge in [0, 0.05) is 16.0 Å². The zero-order valence-electron chi connectivity index (χ0n) is 13.6. The minimum absolute atomic E-state index is 0.515. The summed E-state index contributed by atoms with van der Waals surface area (Å²) in [6.45, 7) is 10.1. The summed E-state index contributed by atoms with van der Waals surface area (Å²) in [6, 6.07) is 7.90. The van der Waals surface area contributed by atoms with E-state index in [0.29, 0.717) is 11.7 Å². The summed E-state index contributed by atoms with van der Waals surface area (Å²) in [5.74, 6) is 1.99. The lowest BCUT2D eigenvalue weighted by atomic mass is 10.2. The van der Waals surface area contributed by atoms with Crippen LogP contribution in [0.3, 0.4) is 0 Å². The number of hydrogen-bond donors (Lipinski definition) is 0. The van der Waals surface area contributed by atoms with Crippen molar-refractivity contribution in [3.63, 3.8) is 0 Å². The van der Waals surface area contributed by atoms with Gasteiger partial charge < -0.3 is 9.42 Å². The largest absolute Gasteiger partial charge is 0.339 e. The maximum Gasteiger partial charge on any atom is 0.230 e. The average Bonchev–Trinajstić information content (AvgIpc) is 3.28. The lowest BCUT2D eigenvalue weighted by Crippen LogP contribution is -2.21. The molecular weight excluding hydrogens is 342 g/mol. The van der Waals surface area contributed by atoms with Gasteiger partial charge in [0.1, 0.15) is 0 Å². The highest BCUT2D eigenvalue weighted by Crippen LogP contribution is 2.39. The standard InChI is InChI=1S/C11H9BrN2O.C6H15N/c12-9-5-3-7(4-6-9)10-13-11(15-14-10)8-1-2-8;1-4-7(5-2)6-3/h3-6,8H,1-2H2;4-6H2,1-3H3. The second-order valence-electron chi connectivity index (χ2n) is 5.36. The summed E-state index contributed by atoms with van der Waals surface area (Å²) in [5.41, 5.74) is 0.994. The molecule has 1 saturated carbocycles. The van der Waals surface area contributed by atoms with Crippen LogP contribution in [0.25, 0.3) is 11.4 Å². The number of hydrogen-bond acceptors (Lipinski definition) is 4. The van der Waals surface area contributed by atoms with Crippen molar-refractivity contribution in [2.24, 2.45) is 0 Å². The average molecular weight is 366 g/mol. The van der Waals surface area contributed by atoms with E-state index < -0.39 is 0 Å². The summed E-state index contributed by atoms with van der Waals surface area (Å²) in [7, 11) is 0. The number of aromatic nitrogens is 2. The molecule has 0 amide bonds. The third-order valence-electron chi connectivity index (χ3n) is 3.81. The molecule has 3 rings (SSSR count). The molecule has 1 heterocycles. The highest BCUT2D eigenvalue weighted by molar-refractivity contribution is 9.10. The van der Waals surface area contributed by atoms with Crippen LogP contribution in [0.1, 0.15) is 45.4 Å². The third-order valence-corrected chi connectivity index (χ3v) is 4.34. The van der Waals surface area contributed by atoms with Crippen molar-refractivity contribution in [1.82, 2.24) is 15.0 Å². The lowest BCUT2D eigenvalue weighted by molar-refractivity contribution is 0.321. The molecule has 0 saturated heterocycles. The van der Waals surface area contributed by atoms with Crippen molar-refractivity contribution >= 4 is 15.9 Å². The van der Waals surface area contributed by atoms with Gasteiger partial charge in [-0.05, 0) is 56.7 Å². The van der Waals surface area contributed by atoms with Crippen LogP contribution in [0.4, 0.5) is 0 Å². The first-order chi connectivity index (χ1) is 10.7. The molecule has 4 nitrogen and oxygen atoms in total. The maximum absolute atomic E-state index is 5.20. The second kappa shape index (κ2) is 8.44. The first-order valence-electron chi connectivity index (χ1n) is 7.99. The molecule has 0 atom stereocenters. The zero-order chi connectivity index (χ0) is 15.9. The van der Waals surface area contributed by atoms with Crippen LogP contribution in [0.2, 0.25) is 0 Å². The number of benzene rings is 1. The van der Waals surface area contributed by atoms with E-state index in [9.17, 15) is 0 Å². The van der Waals surface area contributed by atoms with Crippen molar-refractivity contribution in [2.45, 2.75) is 39.5 Å². The summed E-state index contributed by atoms with van der Waals surface area (Å²) in [5, 5.41) is 3.98. The minimum Gasteiger partial charge on any atom is -0.339 e. The topological polar surface area (TPSA) is 42.2 Å². The molecule has 0 unspecified atom stereocenters. The molecule has 5 heteroatoms. The maximum atomic E-state index is 5.20. The van der Waals surface area contributed by atoms with Gasteiger partial charge in [-0.2, -0.15) is 4.98 Å². The van der Waals surface area contributed by atoms with Gasteiger partial charge in [0.05, 0.1) is 0 Å². The SMILES string of the molecule is Brc1ccc(-c2noc(C3CC3)n2)cc1.CCN(CC)CC. The van der Waals surface area contributed by atoms with Crippen LogP contribution in [0, 0.1) is 0 Å². The quantitative estimate of drug-likeness (QED) is 0.768. The lowest BCUT2D eigenvalue weighted by Gasteiger charge is -2.13. The summed E-state index contributed by atoms with van der Waals surface area (Å²) in [6.07, 6.45) is 2.37. The first-order valence-corrected chi connectivity index (χ1v) is 8.79. The van der Waals surface area contributed by atoms with Crippen LogP contribution >= 0.6 is 15.9 Å². The van der Waals surface area contributed by atoms with Crippen LogP contribution in [0.5, 0.6) is 0 Å². The molecular formula is C17H24BrN3O. The minimum atomic E-state index is 0.515. The molecule has 1 fully saturated rings. The fourth-order valence-corrected chi connectivity index (χ4v) is 2.38. The Morgan fingerprint density at radius 1 is 1.09 bits per heavy atom. The molecule has 22 heavy (non-hydrogen) atoms. The predicted molar refractivity (Wildman–Crippen MR) is 92.9 cm³/mol. The van der Waals surface area contributed by atoms with Gasteiger partial charge in [-0.1, -0.05) is 41.9 Å². The molecule has 0 N–H and O–H groups in total. The monoisotopic (exact) mass is 365 g/mol. The highest BCUT2D eigenvalue weighted by Gasteiger charge is 2.29. The first kappa shape index (κ1) is 17.2. The van der Waals surface area contributed by atoms with Crippen LogP contribution in [-0.2, 0) is 0 Å². The molecule has 1 aromatic carbocycles. The van der Waals surface area contributed by atoms with Gasteiger partial charge in [-0.15, -0.1) is 0 Å². The summed E-state index contributed by atoms with van der Waals surface area (Å²) < 4.78 is 6.25. The Morgan fingerprint density at radius 3 is 2.14 bits per heavy atom. The Morgan fingerprint density at radius 2 is 1.68 bits per heavy atom. The molecule has 1 aliphatic rings. The van der Waals surface area contributed by atoms with Crippen LogP contribution in [-0.4, -0.2) is 34.7 Å². The Labute approximate surface area is 141 Å². The van der Waals surface area contributed by atoms with Gasteiger partial charge in [-0.3, -0.25) is 0 Å². The molecule has 2 aromatic rings. The van der Waals surface area contributed by atoms with Gasteiger partial charge in [-0.25, -0.2) is 0 Å². The number of nitrogens with zero attached hydrogens (tertiary/aromatic N) is 3. The second-order valence-corrected chi connectivity index (χ2v) is 6.27. The predicted octanol–water partition coefficient (Wildman–Crippen LogP) is 4.72. The van der Waals surface area contributed by atoms with E-state index in [1.165, 1.54) is 32.5 Å². The van der Waals surface area contributed by atoms with Crippen LogP contribution in [0.15, 0.2) is 33.3 Å². The van der Waals surface area contributed by atoms with Crippen molar-refractivity contribution < 1.29 is 4.52 Å². The van der Waals surface area contributed by atoms with E-state index in [4.69, 9.17) is 4.52 Å². The number of halogens is 1. The highest BCUT2D eigenvalue weighted by atomic mass is 79.9. The van der Waals surface area contributed by atoms with E-state index in [0.717, 1.165) is 15.9 Å². The van der Waals surface area contributed by atoms with Gasteiger partial charge >= 0.3 is 0 Å². The molecule has 0 aliphatic heterocycles. The Hall–Kier alpha value is -1.20. The zero-order valence-corrected chi connectivity index (χ0v) is 15.1. The van der Waals surface area contributed by atoms with Crippen molar-refractivity contribution in [3.8, 4) is 11.4 Å². The van der Waals surface area contributed by atoms with Crippen LogP contribution < -0.4 is 0 Å². The molecule has 120 valence electrons. The smallest absolute Gasteiger partial charge is 0.230 e. The molecule has 0 spiro atoms. The van der Waals surface area contributed by atoms with E-state index >= 15 is 0 Å². The Balaban J connectivity index is 0.000000217. The summed E-state index contributed by atoms with van der Waals surface area (Å²) in [4.78, 5) is 6.75. The molecule has 0 bridgehead atoms. The van der Waals surface area contributed by atoms with Crippen molar-refractivity contribution in [2.75, 3.05) is 19.6 Å². The molecule has 0 radical (unpaired) electrons. The van der Waals surface area contributed by atoms with E-state index in [2.05, 4.69) is 51.7 Å². The van der Waals surface area contributed by atoms with Crippen molar-refractivity contribution in [3.05, 3.63) is 34.6 Å². The fraction of sp³-hybridized carbons (Fsp3) is 0.529. The molecule has 1 aliphatic carbocycles. The van der Waals surface area contributed by atoms with E-state index in [1.54, 1.807) is 0 Å². The van der Waals surface area contributed by atoms with Gasteiger partial charge in [0.25, 0.3) is 0 Å². The van der Waals surface area contributed by atoms with Crippen molar-refractivity contribution in [1.29, 1.82) is 0 Å². The Kier molecular flexibility index (Phi) is 6.58. The Bertz CT molecular complexity index is 554. The third kappa shape index (κ3) is 4.92. The number of rotatable bonds is 5. The van der Waals surface area contributed by atoms with Gasteiger partial charge in [0.15, 0.2) is 0 Å². The fourth-order valence-electron chi connectivity index (χ4n) is 2.12. The normalized spacial score (nSPS) is 13.9. The van der Waals surface area contributed by atoms with E-state index in [-0.39, 0.29) is 0 Å². The van der Waals surface area contributed by atoms with E-state index in [1.807, 2.05) is 24.3 Å². The molecule has 1 aromatic heterocycles.